The van der Waals surface area contributed by atoms with Crippen LogP contribution in [0.15, 0.2) is 48.9 Å². The van der Waals surface area contributed by atoms with E-state index >= 15 is 0 Å². The number of carbonyl (C=O) groups is 1. The number of carbonyl (C=O) groups excluding carboxylic acids is 1. The summed E-state index contributed by atoms with van der Waals surface area (Å²) in [5.41, 5.74) is 3.64. The lowest BCUT2D eigenvalue weighted by Gasteiger charge is -2.05. The predicted octanol–water partition coefficient (Wildman–Crippen LogP) is 2.87. The molecule has 2 aromatic heterocycles. The van der Waals surface area contributed by atoms with Crippen LogP contribution in [0.5, 0.6) is 0 Å². The highest BCUT2D eigenvalue weighted by atomic mass is 35.5. The zero-order valence-electron chi connectivity index (χ0n) is 13.8. The second kappa shape index (κ2) is 7.90. The Hall–Kier alpha value is -2.73. The van der Waals surface area contributed by atoms with E-state index in [1.807, 2.05) is 37.3 Å². The van der Waals surface area contributed by atoms with E-state index in [0.29, 0.717) is 25.1 Å². The van der Waals surface area contributed by atoms with E-state index in [1.165, 1.54) is 0 Å². The van der Waals surface area contributed by atoms with Gasteiger partial charge < -0.3 is 5.32 Å². The molecule has 3 rings (SSSR count). The van der Waals surface area contributed by atoms with Gasteiger partial charge in [0.25, 0.3) is 0 Å². The average molecular weight is 356 g/mol. The quantitative estimate of drug-likeness (QED) is 0.738. The minimum Gasteiger partial charge on any atom is -0.350 e. The van der Waals surface area contributed by atoms with Crippen LogP contribution in [0.2, 0.25) is 5.02 Å². The van der Waals surface area contributed by atoms with Gasteiger partial charge in [0.05, 0.1) is 24.6 Å². The molecule has 25 heavy (non-hydrogen) atoms. The van der Waals surface area contributed by atoms with Crippen molar-refractivity contribution < 1.29 is 4.79 Å². The zero-order valence-corrected chi connectivity index (χ0v) is 14.6. The molecule has 0 saturated heterocycles. The number of rotatable bonds is 6. The van der Waals surface area contributed by atoms with E-state index in [4.69, 9.17) is 11.6 Å². The van der Waals surface area contributed by atoms with Crippen molar-refractivity contribution in [3.8, 4) is 5.69 Å². The number of aryl methyl sites for hydroxylation is 2. The number of nitrogens with one attached hydrogen (secondary N) is 1. The highest BCUT2D eigenvalue weighted by Crippen LogP contribution is 2.17. The maximum absolute atomic E-state index is 12.0. The maximum atomic E-state index is 12.0. The number of pyridine rings is 1. The van der Waals surface area contributed by atoms with Crippen molar-refractivity contribution in [3.63, 3.8) is 0 Å². The van der Waals surface area contributed by atoms with Gasteiger partial charge in [-0.15, -0.1) is 5.10 Å². The van der Waals surface area contributed by atoms with Crippen LogP contribution in [0.3, 0.4) is 0 Å². The molecule has 0 aliphatic carbocycles. The molecular formula is C18H18ClN5O. The Morgan fingerprint density at radius 3 is 2.96 bits per heavy atom. The van der Waals surface area contributed by atoms with Crippen LogP contribution < -0.4 is 5.32 Å². The van der Waals surface area contributed by atoms with Crippen molar-refractivity contribution in [1.29, 1.82) is 0 Å². The lowest BCUT2D eigenvalue weighted by Crippen LogP contribution is -2.23. The Labute approximate surface area is 150 Å². The van der Waals surface area contributed by atoms with Gasteiger partial charge in [0, 0.05) is 17.6 Å². The summed E-state index contributed by atoms with van der Waals surface area (Å²) >= 11 is 6.01. The fourth-order valence-corrected chi connectivity index (χ4v) is 2.51. The molecule has 1 aromatic carbocycles. The van der Waals surface area contributed by atoms with Gasteiger partial charge in [-0.25, -0.2) is 4.68 Å². The average Bonchev–Trinajstić information content (AvgIpc) is 3.11. The molecule has 6 nitrogen and oxygen atoms in total. The normalized spacial score (nSPS) is 10.6. The maximum Gasteiger partial charge on any atom is 0.220 e. The van der Waals surface area contributed by atoms with Crippen LogP contribution in [-0.4, -0.2) is 25.9 Å². The van der Waals surface area contributed by atoms with Gasteiger partial charge in [-0.2, -0.15) is 0 Å². The zero-order chi connectivity index (χ0) is 17.6. The van der Waals surface area contributed by atoms with Crippen LogP contribution in [0, 0.1) is 6.92 Å². The van der Waals surface area contributed by atoms with Crippen molar-refractivity contribution in [2.24, 2.45) is 0 Å². The summed E-state index contributed by atoms with van der Waals surface area (Å²) in [7, 11) is 0. The third kappa shape index (κ3) is 4.64. The Balaban J connectivity index is 1.49. The molecule has 0 fully saturated rings. The molecule has 0 aliphatic rings. The Morgan fingerprint density at radius 1 is 1.32 bits per heavy atom. The fraction of sp³-hybridized carbons (Fsp3) is 0.222. The number of hydrogen-bond donors (Lipinski definition) is 1. The van der Waals surface area contributed by atoms with Gasteiger partial charge in [0.1, 0.15) is 5.69 Å². The lowest BCUT2D eigenvalue weighted by molar-refractivity contribution is -0.121. The fourth-order valence-electron chi connectivity index (χ4n) is 2.39. The molecule has 7 heteroatoms. The molecule has 0 unspecified atom stereocenters. The van der Waals surface area contributed by atoms with Gasteiger partial charge >= 0.3 is 0 Å². The molecular weight excluding hydrogens is 338 g/mol. The van der Waals surface area contributed by atoms with Crippen LogP contribution in [0.4, 0.5) is 0 Å². The number of aromatic nitrogens is 4. The summed E-state index contributed by atoms with van der Waals surface area (Å²) in [4.78, 5) is 16.1. The summed E-state index contributed by atoms with van der Waals surface area (Å²) in [5.74, 6) is -0.0245. The highest BCUT2D eigenvalue weighted by molar-refractivity contribution is 6.31. The molecule has 0 radical (unpaired) electrons. The highest BCUT2D eigenvalue weighted by Gasteiger charge is 2.07. The van der Waals surface area contributed by atoms with Crippen molar-refractivity contribution in [1.82, 2.24) is 25.3 Å². The van der Waals surface area contributed by atoms with Crippen molar-refractivity contribution in [2.45, 2.75) is 26.3 Å². The van der Waals surface area contributed by atoms with Crippen molar-refractivity contribution >= 4 is 17.5 Å². The van der Waals surface area contributed by atoms with E-state index in [9.17, 15) is 4.79 Å². The number of amides is 1. The summed E-state index contributed by atoms with van der Waals surface area (Å²) in [6.45, 7) is 2.30. The third-order valence-electron chi connectivity index (χ3n) is 3.78. The monoisotopic (exact) mass is 355 g/mol. The standard InChI is InChI=1S/C18H18ClN5O/c1-13-9-14(4-6-17(13)19)5-7-18(25)21-10-15-12-24(23-22-15)16-3-2-8-20-11-16/h2-4,6,8-9,11-12H,5,7,10H2,1H3,(H,21,25). The second-order valence-corrected chi connectivity index (χ2v) is 6.13. The van der Waals surface area contributed by atoms with Crippen LogP contribution in [0.1, 0.15) is 23.2 Å². The molecule has 1 N–H and O–H groups in total. The molecule has 1 amide bonds. The Morgan fingerprint density at radius 2 is 2.20 bits per heavy atom. The molecule has 0 spiro atoms. The van der Waals surface area contributed by atoms with Gasteiger partial charge in [-0.05, 0) is 42.7 Å². The Kier molecular flexibility index (Phi) is 5.40. The van der Waals surface area contributed by atoms with Gasteiger partial charge in [0.2, 0.25) is 5.91 Å². The smallest absolute Gasteiger partial charge is 0.220 e. The van der Waals surface area contributed by atoms with E-state index in [-0.39, 0.29) is 5.91 Å². The van der Waals surface area contributed by atoms with Gasteiger partial charge in [-0.1, -0.05) is 28.9 Å². The number of hydrogen-bond acceptors (Lipinski definition) is 4. The molecule has 0 bridgehead atoms. The number of nitrogens with zero attached hydrogens (tertiary/aromatic N) is 4. The molecule has 0 aliphatic heterocycles. The van der Waals surface area contributed by atoms with E-state index in [2.05, 4.69) is 20.6 Å². The van der Waals surface area contributed by atoms with E-state index in [0.717, 1.165) is 21.8 Å². The van der Waals surface area contributed by atoms with Crippen LogP contribution in [0.25, 0.3) is 5.69 Å². The van der Waals surface area contributed by atoms with Crippen molar-refractivity contribution in [3.05, 3.63) is 70.8 Å². The summed E-state index contributed by atoms with van der Waals surface area (Å²) < 4.78 is 1.63. The molecule has 0 saturated carbocycles. The minimum absolute atomic E-state index is 0.0245. The molecule has 0 atom stereocenters. The van der Waals surface area contributed by atoms with Crippen molar-refractivity contribution in [2.75, 3.05) is 0 Å². The summed E-state index contributed by atoms with van der Waals surface area (Å²) in [6.07, 6.45) is 6.26. The first-order chi connectivity index (χ1) is 12.1. The SMILES string of the molecule is Cc1cc(CCC(=O)NCc2cn(-c3cccnc3)nn2)ccc1Cl. The lowest BCUT2D eigenvalue weighted by atomic mass is 10.1. The molecule has 128 valence electrons. The first-order valence-corrected chi connectivity index (χ1v) is 8.33. The summed E-state index contributed by atoms with van der Waals surface area (Å²) in [6, 6.07) is 9.53. The molecule has 3 aromatic rings. The van der Waals surface area contributed by atoms with Gasteiger partial charge in [0.15, 0.2) is 0 Å². The number of halogens is 1. The Bertz CT molecular complexity index is 863. The first kappa shape index (κ1) is 17.1. The first-order valence-electron chi connectivity index (χ1n) is 7.95. The third-order valence-corrected chi connectivity index (χ3v) is 4.21. The second-order valence-electron chi connectivity index (χ2n) is 5.73. The minimum atomic E-state index is -0.0245. The van der Waals surface area contributed by atoms with Crippen LogP contribution in [-0.2, 0) is 17.8 Å². The largest absolute Gasteiger partial charge is 0.350 e. The number of benzene rings is 1. The topological polar surface area (TPSA) is 72.7 Å². The van der Waals surface area contributed by atoms with Gasteiger partial charge in [-0.3, -0.25) is 9.78 Å². The predicted molar refractivity (Wildman–Crippen MR) is 95.5 cm³/mol. The van der Waals surface area contributed by atoms with Crippen LogP contribution >= 0.6 is 11.6 Å². The van der Waals surface area contributed by atoms with E-state index < -0.39 is 0 Å². The van der Waals surface area contributed by atoms with E-state index in [1.54, 1.807) is 23.3 Å². The summed E-state index contributed by atoms with van der Waals surface area (Å²) in [5, 5.41) is 11.7. The molecule has 2 heterocycles.